The number of hydrogen-bond acceptors (Lipinski definition) is 3. The van der Waals surface area contributed by atoms with Crippen LogP contribution in [0, 0.1) is 0 Å². The first-order chi connectivity index (χ1) is 7.49. The third-order valence-corrected chi connectivity index (χ3v) is 2.03. The Labute approximate surface area is 94.5 Å². The molecule has 88 valence electrons. The molecule has 1 aromatic carbocycles. The third-order valence-electron chi connectivity index (χ3n) is 2.03. The van der Waals surface area contributed by atoms with Gasteiger partial charge in [0, 0.05) is 6.42 Å². The molecule has 0 unspecified atom stereocenters. The van der Waals surface area contributed by atoms with E-state index in [1.807, 2.05) is 13.8 Å². The monoisotopic (exact) mass is 224 g/mol. The summed E-state index contributed by atoms with van der Waals surface area (Å²) in [5.74, 6) is -0.125. The Balaban J connectivity index is 2.77. The van der Waals surface area contributed by atoms with Gasteiger partial charge >= 0.3 is 5.97 Å². The first-order valence-electron chi connectivity index (χ1n) is 5.19. The second-order valence-corrected chi connectivity index (χ2v) is 3.85. The lowest BCUT2D eigenvalue weighted by molar-refractivity contribution is -0.136. The molecule has 0 bridgehead atoms. The van der Waals surface area contributed by atoms with Crippen molar-refractivity contribution in [3.63, 3.8) is 0 Å². The van der Waals surface area contributed by atoms with Gasteiger partial charge in [-0.15, -0.1) is 0 Å². The van der Waals surface area contributed by atoms with E-state index in [2.05, 4.69) is 0 Å². The summed E-state index contributed by atoms with van der Waals surface area (Å²) in [5, 5.41) is 18.1. The molecule has 4 heteroatoms. The van der Waals surface area contributed by atoms with E-state index >= 15 is 0 Å². The molecule has 0 atom stereocenters. The Morgan fingerprint density at radius 2 is 2.12 bits per heavy atom. The molecule has 0 saturated heterocycles. The van der Waals surface area contributed by atoms with E-state index in [0.717, 1.165) is 0 Å². The van der Waals surface area contributed by atoms with Crippen molar-refractivity contribution in [2.75, 3.05) is 0 Å². The van der Waals surface area contributed by atoms with E-state index in [9.17, 15) is 9.90 Å². The zero-order valence-electron chi connectivity index (χ0n) is 9.43. The van der Waals surface area contributed by atoms with Gasteiger partial charge in [0.25, 0.3) is 0 Å². The van der Waals surface area contributed by atoms with E-state index in [1.165, 1.54) is 6.07 Å². The molecule has 0 fully saturated rings. The zero-order valence-corrected chi connectivity index (χ0v) is 9.43. The van der Waals surface area contributed by atoms with Gasteiger partial charge in [-0.2, -0.15) is 0 Å². The highest BCUT2D eigenvalue weighted by Gasteiger charge is 2.07. The number of aromatic hydroxyl groups is 1. The van der Waals surface area contributed by atoms with Gasteiger partial charge in [-0.3, -0.25) is 4.79 Å². The summed E-state index contributed by atoms with van der Waals surface area (Å²) >= 11 is 0. The average Bonchev–Trinajstić information content (AvgIpc) is 2.18. The van der Waals surface area contributed by atoms with Gasteiger partial charge in [0.05, 0.1) is 6.10 Å². The summed E-state index contributed by atoms with van der Waals surface area (Å²) in [7, 11) is 0. The van der Waals surface area contributed by atoms with Crippen LogP contribution in [0.4, 0.5) is 0 Å². The number of ether oxygens (including phenoxy) is 1. The fourth-order valence-corrected chi connectivity index (χ4v) is 1.35. The van der Waals surface area contributed by atoms with Crippen LogP contribution in [0.2, 0.25) is 0 Å². The minimum Gasteiger partial charge on any atom is -0.508 e. The third kappa shape index (κ3) is 3.81. The Bertz CT molecular complexity index is 371. The van der Waals surface area contributed by atoms with Crippen LogP contribution < -0.4 is 4.74 Å². The molecule has 0 amide bonds. The minimum absolute atomic E-state index is 0.00130. The van der Waals surface area contributed by atoms with E-state index in [1.54, 1.807) is 12.1 Å². The summed E-state index contributed by atoms with van der Waals surface area (Å²) in [6.45, 7) is 3.81. The molecule has 0 aliphatic carbocycles. The van der Waals surface area contributed by atoms with Crippen molar-refractivity contribution in [1.29, 1.82) is 0 Å². The molecule has 0 aliphatic heterocycles. The van der Waals surface area contributed by atoms with E-state index in [4.69, 9.17) is 9.84 Å². The maximum absolute atomic E-state index is 10.4. The highest BCUT2D eigenvalue weighted by atomic mass is 16.5. The van der Waals surface area contributed by atoms with Crippen LogP contribution in [0.25, 0.3) is 0 Å². The van der Waals surface area contributed by atoms with Crippen LogP contribution in [0.3, 0.4) is 0 Å². The van der Waals surface area contributed by atoms with Crippen molar-refractivity contribution in [3.05, 3.63) is 23.8 Å². The Hall–Kier alpha value is -1.71. The van der Waals surface area contributed by atoms with E-state index in [-0.39, 0.29) is 18.3 Å². The van der Waals surface area contributed by atoms with Crippen molar-refractivity contribution >= 4 is 5.97 Å². The molecule has 1 aromatic rings. The quantitative estimate of drug-likeness (QED) is 0.804. The highest BCUT2D eigenvalue weighted by molar-refractivity contribution is 5.67. The van der Waals surface area contributed by atoms with Crippen LogP contribution >= 0.6 is 0 Å². The van der Waals surface area contributed by atoms with Crippen molar-refractivity contribution in [1.82, 2.24) is 0 Å². The number of carboxylic acid groups (broad SMARTS) is 1. The number of phenolic OH excluding ortho intramolecular Hbond substituents is 1. The van der Waals surface area contributed by atoms with Gasteiger partial charge in [0.1, 0.15) is 11.5 Å². The van der Waals surface area contributed by atoms with Gasteiger partial charge < -0.3 is 14.9 Å². The molecule has 0 aromatic heterocycles. The minimum atomic E-state index is -0.880. The standard InChI is InChI=1S/C12H16O4/c1-8(2)16-10-4-5-11(13)9(7-10)3-6-12(14)15/h4-5,7-8,13H,3,6H2,1-2H3,(H,14,15). The van der Waals surface area contributed by atoms with E-state index in [0.29, 0.717) is 17.7 Å². The molecular formula is C12H16O4. The van der Waals surface area contributed by atoms with Crippen molar-refractivity contribution < 1.29 is 19.7 Å². The lowest BCUT2D eigenvalue weighted by atomic mass is 10.1. The number of aliphatic carboxylic acids is 1. The van der Waals surface area contributed by atoms with E-state index < -0.39 is 5.97 Å². The summed E-state index contributed by atoms with van der Waals surface area (Å²) in [4.78, 5) is 10.4. The molecule has 0 radical (unpaired) electrons. The highest BCUT2D eigenvalue weighted by Crippen LogP contribution is 2.24. The number of carbonyl (C=O) groups is 1. The van der Waals surface area contributed by atoms with Crippen molar-refractivity contribution in [2.45, 2.75) is 32.8 Å². The van der Waals surface area contributed by atoms with Crippen molar-refractivity contribution in [2.24, 2.45) is 0 Å². The van der Waals surface area contributed by atoms with Crippen LogP contribution in [0.1, 0.15) is 25.8 Å². The molecule has 0 spiro atoms. The van der Waals surface area contributed by atoms with Gasteiger partial charge in [-0.05, 0) is 44.0 Å². The Morgan fingerprint density at radius 1 is 1.44 bits per heavy atom. The molecule has 4 nitrogen and oxygen atoms in total. The summed E-state index contributed by atoms with van der Waals surface area (Å²) < 4.78 is 5.46. The number of phenols is 1. The van der Waals surface area contributed by atoms with Crippen LogP contribution in [0.15, 0.2) is 18.2 Å². The fraction of sp³-hybridized carbons (Fsp3) is 0.417. The number of benzene rings is 1. The first-order valence-corrected chi connectivity index (χ1v) is 5.19. The smallest absolute Gasteiger partial charge is 0.303 e. The van der Waals surface area contributed by atoms with Gasteiger partial charge in [0.15, 0.2) is 0 Å². The predicted octanol–water partition coefficient (Wildman–Crippen LogP) is 2.20. The molecule has 16 heavy (non-hydrogen) atoms. The zero-order chi connectivity index (χ0) is 12.1. The number of hydrogen-bond donors (Lipinski definition) is 2. The van der Waals surface area contributed by atoms with Gasteiger partial charge in [-0.1, -0.05) is 0 Å². The van der Waals surface area contributed by atoms with Crippen LogP contribution in [-0.2, 0) is 11.2 Å². The normalized spacial score (nSPS) is 10.4. The first kappa shape index (κ1) is 12.4. The maximum atomic E-state index is 10.4. The number of aryl methyl sites for hydroxylation is 1. The number of carboxylic acids is 1. The topological polar surface area (TPSA) is 66.8 Å². The Kier molecular flexibility index (Phi) is 4.17. The summed E-state index contributed by atoms with van der Waals surface area (Å²) in [6, 6.07) is 4.87. The van der Waals surface area contributed by atoms with Crippen LogP contribution in [-0.4, -0.2) is 22.3 Å². The molecular weight excluding hydrogens is 208 g/mol. The second-order valence-electron chi connectivity index (χ2n) is 3.85. The Morgan fingerprint density at radius 3 is 2.69 bits per heavy atom. The summed E-state index contributed by atoms with van der Waals surface area (Å²) in [5.41, 5.74) is 0.598. The summed E-state index contributed by atoms with van der Waals surface area (Å²) in [6.07, 6.45) is 0.353. The maximum Gasteiger partial charge on any atom is 0.303 e. The van der Waals surface area contributed by atoms with Gasteiger partial charge in [0.2, 0.25) is 0 Å². The lowest BCUT2D eigenvalue weighted by Crippen LogP contribution is -2.06. The largest absolute Gasteiger partial charge is 0.508 e. The molecule has 2 N–H and O–H groups in total. The molecule has 1 rings (SSSR count). The SMILES string of the molecule is CC(C)Oc1ccc(O)c(CCC(=O)O)c1. The van der Waals surface area contributed by atoms with Gasteiger partial charge in [-0.25, -0.2) is 0 Å². The van der Waals surface area contributed by atoms with Crippen molar-refractivity contribution in [3.8, 4) is 11.5 Å². The fourth-order valence-electron chi connectivity index (χ4n) is 1.35. The predicted molar refractivity (Wildman–Crippen MR) is 59.8 cm³/mol. The average molecular weight is 224 g/mol. The lowest BCUT2D eigenvalue weighted by Gasteiger charge is -2.11. The number of rotatable bonds is 5. The molecule has 0 aliphatic rings. The second kappa shape index (κ2) is 5.39. The van der Waals surface area contributed by atoms with Crippen LogP contribution in [0.5, 0.6) is 11.5 Å². The molecule has 0 heterocycles. The molecule has 0 saturated carbocycles.